The average molecular weight is 273 g/mol. The molecule has 1 saturated heterocycles. The summed E-state index contributed by atoms with van der Waals surface area (Å²) in [6.07, 6.45) is 10.5. The van der Waals surface area contributed by atoms with Crippen LogP contribution in [0.15, 0.2) is 0 Å². The lowest BCUT2D eigenvalue weighted by atomic mass is 9.85. The van der Waals surface area contributed by atoms with E-state index < -0.39 is 0 Å². The fourth-order valence-electron chi connectivity index (χ4n) is 3.66. The van der Waals surface area contributed by atoms with Gasteiger partial charge in [0.05, 0.1) is 6.04 Å². The minimum Gasteiger partial charge on any atom is -0.352 e. The van der Waals surface area contributed by atoms with Crippen LogP contribution in [0.2, 0.25) is 0 Å². The van der Waals surface area contributed by atoms with Crippen LogP contribution < -0.4 is 10.6 Å². The van der Waals surface area contributed by atoms with E-state index in [0.717, 1.165) is 31.2 Å². The molecular weight excluding hydrogens is 248 g/mol. The van der Waals surface area contributed by atoms with Crippen molar-refractivity contribution in [3.05, 3.63) is 0 Å². The lowest BCUT2D eigenvalue weighted by Gasteiger charge is -2.22. The molecule has 104 valence electrons. The van der Waals surface area contributed by atoms with E-state index in [9.17, 15) is 4.79 Å². The fourth-order valence-corrected chi connectivity index (χ4v) is 3.66. The third kappa shape index (κ3) is 3.18. The second-order valence-corrected chi connectivity index (χ2v) is 6.06. The third-order valence-corrected chi connectivity index (χ3v) is 4.80. The molecule has 1 aliphatic heterocycles. The first-order valence-electron chi connectivity index (χ1n) is 7.38. The first-order valence-corrected chi connectivity index (χ1v) is 7.38. The Balaban J connectivity index is 0.00000120. The highest BCUT2D eigenvalue weighted by molar-refractivity contribution is 5.85. The zero-order valence-corrected chi connectivity index (χ0v) is 11.8. The maximum absolute atomic E-state index is 12.0. The van der Waals surface area contributed by atoms with Crippen LogP contribution in [0.3, 0.4) is 0 Å². The van der Waals surface area contributed by atoms with Crippen molar-refractivity contribution < 1.29 is 4.79 Å². The molecule has 0 aromatic heterocycles. The Morgan fingerprint density at radius 2 is 1.83 bits per heavy atom. The van der Waals surface area contributed by atoms with Crippen LogP contribution in [0.1, 0.15) is 51.4 Å². The molecule has 3 atom stereocenters. The highest BCUT2D eigenvalue weighted by Gasteiger charge is 2.44. The van der Waals surface area contributed by atoms with Crippen LogP contribution in [-0.2, 0) is 4.79 Å². The van der Waals surface area contributed by atoms with E-state index >= 15 is 0 Å². The van der Waals surface area contributed by atoms with Crippen LogP contribution in [0.25, 0.3) is 0 Å². The van der Waals surface area contributed by atoms with Gasteiger partial charge in [0.2, 0.25) is 5.91 Å². The number of amides is 1. The smallest absolute Gasteiger partial charge is 0.237 e. The van der Waals surface area contributed by atoms with E-state index in [0.29, 0.717) is 6.04 Å². The minimum atomic E-state index is 0. The number of carbonyl (C=O) groups excluding carboxylic acids is 1. The summed E-state index contributed by atoms with van der Waals surface area (Å²) in [6, 6.07) is 0.607. The minimum absolute atomic E-state index is 0. The predicted molar refractivity (Wildman–Crippen MR) is 74.9 cm³/mol. The van der Waals surface area contributed by atoms with Gasteiger partial charge in [0, 0.05) is 6.04 Å². The first-order chi connectivity index (χ1) is 8.34. The van der Waals surface area contributed by atoms with E-state index in [4.69, 9.17) is 0 Å². The van der Waals surface area contributed by atoms with Gasteiger partial charge in [-0.1, -0.05) is 32.1 Å². The Bertz CT molecular complexity index is 286. The van der Waals surface area contributed by atoms with Gasteiger partial charge in [-0.05, 0) is 37.6 Å². The highest BCUT2D eigenvalue weighted by atomic mass is 35.5. The SMILES string of the molecule is Cl.O=C(NC1CC1C1CCCCC1)C1CCCN1. The van der Waals surface area contributed by atoms with Crippen LogP contribution in [0.5, 0.6) is 0 Å². The van der Waals surface area contributed by atoms with Crippen molar-refractivity contribution in [1.82, 2.24) is 10.6 Å². The molecule has 3 aliphatic rings. The lowest BCUT2D eigenvalue weighted by Crippen LogP contribution is -2.42. The second kappa shape index (κ2) is 6.25. The van der Waals surface area contributed by atoms with Gasteiger partial charge >= 0.3 is 0 Å². The van der Waals surface area contributed by atoms with Gasteiger partial charge in [0.1, 0.15) is 0 Å². The standard InChI is InChI=1S/C14H24N2O.ClH/c17-14(12-7-4-8-15-12)16-13-9-11(13)10-5-2-1-3-6-10;/h10-13,15H,1-9H2,(H,16,17);1H. The topological polar surface area (TPSA) is 41.1 Å². The zero-order chi connectivity index (χ0) is 11.7. The van der Waals surface area contributed by atoms with Crippen molar-refractivity contribution in [2.45, 2.75) is 63.5 Å². The van der Waals surface area contributed by atoms with E-state index in [-0.39, 0.29) is 24.4 Å². The van der Waals surface area contributed by atoms with E-state index in [2.05, 4.69) is 10.6 Å². The molecule has 0 spiro atoms. The molecule has 4 heteroatoms. The van der Waals surface area contributed by atoms with Gasteiger partial charge in [-0.25, -0.2) is 0 Å². The summed E-state index contributed by atoms with van der Waals surface area (Å²) in [7, 11) is 0. The molecule has 0 aromatic carbocycles. The van der Waals surface area contributed by atoms with Crippen molar-refractivity contribution in [3.8, 4) is 0 Å². The van der Waals surface area contributed by atoms with Crippen molar-refractivity contribution in [2.75, 3.05) is 6.54 Å². The molecule has 0 aromatic rings. The number of carbonyl (C=O) groups is 1. The Labute approximate surface area is 116 Å². The number of hydrogen-bond acceptors (Lipinski definition) is 2. The summed E-state index contributed by atoms with van der Waals surface area (Å²) < 4.78 is 0. The largest absolute Gasteiger partial charge is 0.352 e. The van der Waals surface area contributed by atoms with Crippen LogP contribution >= 0.6 is 12.4 Å². The molecule has 3 nitrogen and oxygen atoms in total. The molecule has 0 bridgehead atoms. The Kier molecular flexibility index (Phi) is 4.91. The summed E-state index contributed by atoms with van der Waals surface area (Å²) in [5.41, 5.74) is 0. The van der Waals surface area contributed by atoms with Gasteiger partial charge in [0.25, 0.3) is 0 Å². The maximum atomic E-state index is 12.0. The third-order valence-electron chi connectivity index (χ3n) is 4.80. The van der Waals surface area contributed by atoms with Gasteiger partial charge in [0.15, 0.2) is 0 Å². The Morgan fingerprint density at radius 1 is 1.06 bits per heavy atom. The number of rotatable bonds is 3. The summed E-state index contributed by atoms with van der Waals surface area (Å²) in [6.45, 7) is 1.01. The van der Waals surface area contributed by atoms with E-state index in [1.807, 2.05) is 0 Å². The Morgan fingerprint density at radius 3 is 2.50 bits per heavy atom. The van der Waals surface area contributed by atoms with Gasteiger partial charge in [-0.15, -0.1) is 12.4 Å². The second-order valence-electron chi connectivity index (χ2n) is 6.06. The van der Waals surface area contributed by atoms with Gasteiger partial charge in [-0.2, -0.15) is 0 Å². The molecule has 2 aliphatic carbocycles. The zero-order valence-electron chi connectivity index (χ0n) is 11.0. The first kappa shape index (κ1) is 14.1. The highest BCUT2D eigenvalue weighted by Crippen LogP contribution is 2.44. The molecular formula is C14H25ClN2O. The molecule has 2 N–H and O–H groups in total. The van der Waals surface area contributed by atoms with Crippen LogP contribution in [0, 0.1) is 11.8 Å². The molecule has 3 unspecified atom stereocenters. The molecule has 3 fully saturated rings. The van der Waals surface area contributed by atoms with E-state index in [1.165, 1.54) is 38.5 Å². The lowest BCUT2D eigenvalue weighted by molar-refractivity contribution is -0.123. The summed E-state index contributed by atoms with van der Waals surface area (Å²) >= 11 is 0. The number of hydrogen-bond donors (Lipinski definition) is 2. The van der Waals surface area contributed by atoms with Gasteiger partial charge < -0.3 is 10.6 Å². The molecule has 3 rings (SSSR count). The summed E-state index contributed by atoms with van der Waals surface area (Å²) in [5.74, 6) is 1.97. The fraction of sp³-hybridized carbons (Fsp3) is 0.929. The van der Waals surface area contributed by atoms with Crippen molar-refractivity contribution in [2.24, 2.45) is 11.8 Å². The van der Waals surface area contributed by atoms with Crippen molar-refractivity contribution in [1.29, 1.82) is 0 Å². The summed E-state index contributed by atoms with van der Waals surface area (Å²) in [4.78, 5) is 12.0. The predicted octanol–water partition coefficient (Wildman–Crippen LogP) is 2.25. The van der Waals surface area contributed by atoms with E-state index in [1.54, 1.807) is 0 Å². The van der Waals surface area contributed by atoms with Gasteiger partial charge in [-0.3, -0.25) is 4.79 Å². The van der Waals surface area contributed by atoms with Crippen LogP contribution in [-0.4, -0.2) is 24.5 Å². The average Bonchev–Trinajstić information content (AvgIpc) is 2.92. The molecule has 1 amide bonds. The van der Waals surface area contributed by atoms with Crippen molar-refractivity contribution >= 4 is 18.3 Å². The quantitative estimate of drug-likeness (QED) is 0.827. The monoisotopic (exact) mass is 272 g/mol. The molecule has 2 saturated carbocycles. The number of nitrogens with one attached hydrogen (secondary N) is 2. The normalized spacial score (nSPS) is 35.9. The maximum Gasteiger partial charge on any atom is 0.237 e. The molecule has 1 heterocycles. The Hall–Kier alpha value is -0.280. The molecule has 18 heavy (non-hydrogen) atoms. The summed E-state index contributed by atoms with van der Waals surface area (Å²) in [5, 5.41) is 6.51. The van der Waals surface area contributed by atoms with Crippen LogP contribution in [0.4, 0.5) is 0 Å². The van der Waals surface area contributed by atoms with Crippen molar-refractivity contribution in [3.63, 3.8) is 0 Å². The molecule has 0 radical (unpaired) electrons. The number of halogens is 1.